The van der Waals surface area contributed by atoms with Crippen LogP contribution in [0.2, 0.25) is 0 Å². The Balaban J connectivity index is 1.72. The first-order valence-electron chi connectivity index (χ1n) is 7.47. The molecule has 1 aromatic carbocycles. The van der Waals surface area contributed by atoms with E-state index >= 15 is 0 Å². The summed E-state index contributed by atoms with van der Waals surface area (Å²) in [5.74, 6) is 0. The lowest BCUT2D eigenvalue weighted by molar-refractivity contribution is 0.129. The van der Waals surface area contributed by atoms with Crippen LogP contribution in [-0.4, -0.2) is 12.6 Å². The third kappa shape index (κ3) is 2.47. The molecular formula is C17H25N. The lowest BCUT2D eigenvalue weighted by atomic mass is 9.64. The van der Waals surface area contributed by atoms with Crippen molar-refractivity contribution in [1.29, 1.82) is 0 Å². The molecule has 98 valence electrons. The van der Waals surface area contributed by atoms with Crippen LogP contribution in [0.5, 0.6) is 0 Å². The fourth-order valence-electron chi connectivity index (χ4n) is 3.24. The van der Waals surface area contributed by atoms with E-state index in [4.69, 9.17) is 0 Å². The van der Waals surface area contributed by atoms with Crippen molar-refractivity contribution in [3.05, 3.63) is 34.9 Å². The third-order valence-electron chi connectivity index (χ3n) is 4.95. The van der Waals surface area contributed by atoms with E-state index in [1.807, 2.05) is 0 Å². The number of hydrogen-bond acceptors (Lipinski definition) is 1. The van der Waals surface area contributed by atoms with Gasteiger partial charge >= 0.3 is 0 Å². The van der Waals surface area contributed by atoms with Crippen LogP contribution in [0.4, 0.5) is 0 Å². The summed E-state index contributed by atoms with van der Waals surface area (Å²) in [6, 6.07) is 7.57. The number of hydrogen-bond donors (Lipinski definition) is 1. The molecule has 0 unspecified atom stereocenters. The molecule has 0 heterocycles. The van der Waals surface area contributed by atoms with Crippen molar-refractivity contribution in [2.75, 3.05) is 6.54 Å². The zero-order valence-electron chi connectivity index (χ0n) is 11.8. The Kier molecular flexibility index (Phi) is 3.19. The van der Waals surface area contributed by atoms with E-state index in [-0.39, 0.29) is 0 Å². The quantitative estimate of drug-likeness (QED) is 0.830. The van der Waals surface area contributed by atoms with Gasteiger partial charge in [-0.15, -0.1) is 0 Å². The summed E-state index contributed by atoms with van der Waals surface area (Å²) in [6.45, 7) is 5.78. The molecule has 1 nitrogen and oxygen atoms in total. The molecule has 0 aliphatic heterocycles. The average Bonchev–Trinajstić information content (AvgIpc) is 3.09. The maximum atomic E-state index is 3.76. The monoisotopic (exact) mass is 243 g/mol. The van der Waals surface area contributed by atoms with Gasteiger partial charge in [0.25, 0.3) is 0 Å². The topological polar surface area (TPSA) is 12.0 Å². The molecule has 0 bridgehead atoms. The summed E-state index contributed by atoms with van der Waals surface area (Å²) in [5, 5.41) is 3.76. The maximum Gasteiger partial charge on any atom is 0.00684 e. The van der Waals surface area contributed by atoms with Crippen molar-refractivity contribution in [2.45, 2.75) is 58.4 Å². The Morgan fingerprint density at radius 2 is 1.83 bits per heavy atom. The van der Waals surface area contributed by atoms with Gasteiger partial charge in [-0.05, 0) is 68.1 Å². The molecular weight excluding hydrogens is 218 g/mol. The summed E-state index contributed by atoms with van der Waals surface area (Å²) in [4.78, 5) is 0. The largest absolute Gasteiger partial charge is 0.313 e. The number of nitrogens with one attached hydrogen (secondary N) is 1. The van der Waals surface area contributed by atoms with Crippen LogP contribution in [0.3, 0.4) is 0 Å². The Morgan fingerprint density at radius 1 is 1.17 bits per heavy atom. The van der Waals surface area contributed by atoms with Gasteiger partial charge in [-0.1, -0.05) is 24.6 Å². The summed E-state index contributed by atoms with van der Waals surface area (Å²) >= 11 is 0. The van der Waals surface area contributed by atoms with Gasteiger partial charge in [0.05, 0.1) is 0 Å². The van der Waals surface area contributed by atoms with Crippen molar-refractivity contribution < 1.29 is 0 Å². The number of benzene rings is 1. The van der Waals surface area contributed by atoms with Gasteiger partial charge in [0.2, 0.25) is 0 Å². The molecule has 0 atom stereocenters. The minimum Gasteiger partial charge on any atom is -0.313 e. The second-order valence-corrected chi connectivity index (χ2v) is 6.56. The predicted octanol–water partition coefficient (Wildman–Crippen LogP) is 3.77. The van der Waals surface area contributed by atoms with Crippen LogP contribution in [0.1, 0.15) is 48.8 Å². The molecule has 1 aromatic rings. The van der Waals surface area contributed by atoms with Crippen molar-refractivity contribution in [2.24, 2.45) is 5.41 Å². The van der Waals surface area contributed by atoms with E-state index < -0.39 is 0 Å². The highest BCUT2D eigenvalue weighted by Crippen LogP contribution is 2.44. The van der Waals surface area contributed by atoms with Crippen LogP contribution >= 0.6 is 0 Å². The Hall–Kier alpha value is -0.820. The van der Waals surface area contributed by atoms with Crippen LogP contribution < -0.4 is 5.32 Å². The average molecular weight is 243 g/mol. The summed E-state index contributed by atoms with van der Waals surface area (Å²) < 4.78 is 0. The van der Waals surface area contributed by atoms with Crippen molar-refractivity contribution >= 4 is 0 Å². The van der Waals surface area contributed by atoms with E-state index in [0.29, 0.717) is 5.41 Å². The van der Waals surface area contributed by atoms with Crippen LogP contribution in [0, 0.1) is 19.3 Å². The zero-order chi connectivity index (χ0) is 12.6. The van der Waals surface area contributed by atoms with Gasteiger partial charge in [0.1, 0.15) is 0 Å². The second-order valence-electron chi connectivity index (χ2n) is 6.56. The lowest BCUT2D eigenvalue weighted by Crippen LogP contribution is -2.42. The summed E-state index contributed by atoms with van der Waals surface area (Å²) in [7, 11) is 0. The third-order valence-corrected chi connectivity index (χ3v) is 4.95. The molecule has 0 amide bonds. The van der Waals surface area contributed by atoms with Crippen molar-refractivity contribution in [3.8, 4) is 0 Å². The molecule has 3 rings (SSSR count). The number of rotatable bonds is 5. The molecule has 2 saturated carbocycles. The Morgan fingerprint density at radius 3 is 2.33 bits per heavy atom. The van der Waals surface area contributed by atoms with Gasteiger partial charge < -0.3 is 5.32 Å². The van der Waals surface area contributed by atoms with Crippen LogP contribution in [-0.2, 0) is 6.42 Å². The van der Waals surface area contributed by atoms with Gasteiger partial charge in [-0.25, -0.2) is 0 Å². The smallest absolute Gasteiger partial charge is 0.00684 e. The predicted molar refractivity (Wildman–Crippen MR) is 76.9 cm³/mol. The van der Waals surface area contributed by atoms with Crippen LogP contribution in [0.25, 0.3) is 0 Å². The standard InChI is InChI=1S/C17H25N/c1-13-5-3-6-14(2)16(13)11-17(9-4-10-17)12-18-15-7-8-15/h3,5-6,15,18H,4,7-12H2,1-2H3. The molecule has 2 aliphatic carbocycles. The lowest BCUT2D eigenvalue weighted by Gasteiger charge is -2.43. The first-order chi connectivity index (χ1) is 8.69. The molecule has 2 aliphatic rings. The van der Waals surface area contributed by atoms with Gasteiger partial charge in [0, 0.05) is 12.6 Å². The van der Waals surface area contributed by atoms with E-state index in [9.17, 15) is 0 Å². The SMILES string of the molecule is Cc1cccc(C)c1CC1(CNC2CC2)CCC1. The highest BCUT2D eigenvalue weighted by Gasteiger charge is 2.38. The summed E-state index contributed by atoms with van der Waals surface area (Å²) in [5.41, 5.74) is 5.13. The zero-order valence-corrected chi connectivity index (χ0v) is 11.8. The fraction of sp³-hybridized carbons (Fsp3) is 0.647. The molecule has 18 heavy (non-hydrogen) atoms. The molecule has 0 aromatic heterocycles. The van der Waals surface area contributed by atoms with E-state index in [2.05, 4.69) is 37.4 Å². The molecule has 0 spiro atoms. The fourth-order valence-corrected chi connectivity index (χ4v) is 3.24. The maximum absolute atomic E-state index is 3.76. The number of aryl methyl sites for hydroxylation is 2. The first kappa shape index (κ1) is 12.2. The van der Waals surface area contributed by atoms with E-state index in [1.165, 1.54) is 56.2 Å². The molecule has 1 N–H and O–H groups in total. The van der Waals surface area contributed by atoms with Gasteiger partial charge in [0.15, 0.2) is 0 Å². The molecule has 1 heteroatoms. The Labute approximate surface area is 111 Å². The van der Waals surface area contributed by atoms with Crippen molar-refractivity contribution in [3.63, 3.8) is 0 Å². The minimum absolute atomic E-state index is 0.569. The molecule has 2 fully saturated rings. The van der Waals surface area contributed by atoms with E-state index in [0.717, 1.165) is 6.04 Å². The highest BCUT2D eigenvalue weighted by molar-refractivity contribution is 5.34. The molecule has 0 saturated heterocycles. The second kappa shape index (κ2) is 4.70. The first-order valence-corrected chi connectivity index (χ1v) is 7.47. The highest BCUT2D eigenvalue weighted by atomic mass is 15.0. The minimum atomic E-state index is 0.569. The van der Waals surface area contributed by atoms with Crippen molar-refractivity contribution in [1.82, 2.24) is 5.32 Å². The Bertz CT molecular complexity index is 407. The normalized spacial score (nSPS) is 21.7. The summed E-state index contributed by atoms with van der Waals surface area (Å²) in [6.07, 6.45) is 8.35. The van der Waals surface area contributed by atoms with Gasteiger partial charge in [-0.2, -0.15) is 0 Å². The van der Waals surface area contributed by atoms with Crippen LogP contribution in [0.15, 0.2) is 18.2 Å². The molecule has 0 radical (unpaired) electrons. The van der Waals surface area contributed by atoms with Gasteiger partial charge in [-0.3, -0.25) is 0 Å². The van der Waals surface area contributed by atoms with E-state index in [1.54, 1.807) is 5.56 Å².